The zero-order valence-electron chi connectivity index (χ0n) is 17.1. The number of hydrogen-bond donors (Lipinski definition) is 2. The van der Waals surface area contributed by atoms with Gasteiger partial charge in [-0.25, -0.2) is 13.1 Å². The molecule has 2 rings (SSSR count). The molecule has 0 radical (unpaired) electrons. The molecule has 0 aliphatic carbocycles. The summed E-state index contributed by atoms with van der Waals surface area (Å²) in [4.78, 5) is 26.7. The van der Waals surface area contributed by atoms with Gasteiger partial charge in [-0.05, 0) is 50.0 Å². The molecule has 1 aliphatic rings. The van der Waals surface area contributed by atoms with Gasteiger partial charge in [0.2, 0.25) is 21.8 Å². The number of piperidine rings is 1. The van der Waals surface area contributed by atoms with Crippen molar-refractivity contribution in [2.75, 3.05) is 26.5 Å². The summed E-state index contributed by atoms with van der Waals surface area (Å²) in [5.41, 5.74) is 0.836. The lowest BCUT2D eigenvalue weighted by atomic mass is 10.0. The number of hydrogen-bond acceptors (Lipinski definition) is 5. The molecule has 1 aliphatic heterocycles. The fourth-order valence-corrected chi connectivity index (χ4v) is 3.70. The molecule has 0 bridgehead atoms. The molecular formula is C20H29N3O5S. The predicted octanol–water partition coefficient (Wildman–Crippen LogP) is 1.14. The molecule has 0 spiro atoms. The lowest BCUT2D eigenvalue weighted by Crippen LogP contribution is -2.54. The third kappa shape index (κ3) is 7.51. The Bertz CT molecular complexity index is 836. The Morgan fingerprint density at radius 2 is 1.97 bits per heavy atom. The maximum absolute atomic E-state index is 12.8. The Morgan fingerprint density at radius 3 is 2.59 bits per heavy atom. The normalized spacial score (nSPS) is 18.4. The van der Waals surface area contributed by atoms with Crippen molar-refractivity contribution in [3.8, 4) is 5.75 Å². The van der Waals surface area contributed by atoms with Gasteiger partial charge in [-0.1, -0.05) is 12.1 Å². The maximum Gasteiger partial charge on any atom is 0.245 e. The van der Waals surface area contributed by atoms with Crippen LogP contribution in [-0.4, -0.2) is 63.7 Å². The zero-order valence-corrected chi connectivity index (χ0v) is 17.9. The number of likely N-dealkylation sites (tertiary alicyclic amines) is 1. The van der Waals surface area contributed by atoms with E-state index in [1.54, 1.807) is 37.1 Å². The van der Waals surface area contributed by atoms with Crippen LogP contribution in [0.1, 0.15) is 31.7 Å². The van der Waals surface area contributed by atoms with Crippen molar-refractivity contribution in [2.45, 2.75) is 38.3 Å². The van der Waals surface area contributed by atoms with Crippen LogP contribution in [0.15, 0.2) is 30.3 Å². The minimum atomic E-state index is -3.32. The highest BCUT2D eigenvalue weighted by Crippen LogP contribution is 2.18. The smallest absolute Gasteiger partial charge is 0.245 e. The van der Waals surface area contributed by atoms with Crippen LogP contribution >= 0.6 is 0 Å². The molecule has 0 aromatic heterocycles. The van der Waals surface area contributed by atoms with Gasteiger partial charge >= 0.3 is 0 Å². The Kier molecular flexibility index (Phi) is 8.21. The van der Waals surface area contributed by atoms with Gasteiger partial charge in [-0.15, -0.1) is 0 Å². The first-order valence-corrected chi connectivity index (χ1v) is 11.5. The predicted molar refractivity (Wildman–Crippen MR) is 112 cm³/mol. The van der Waals surface area contributed by atoms with E-state index in [1.165, 1.54) is 6.08 Å². The lowest BCUT2D eigenvalue weighted by molar-refractivity contribution is -0.138. The Balaban J connectivity index is 1.93. The second-order valence-corrected chi connectivity index (χ2v) is 8.97. The second-order valence-electron chi connectivity index (χ2n) is 7.14. The number of nitrogens with one attached hydrogen (secondary N) is 2. The summed E-state index contributed by atoms with van der Waals surface area (Å²) < 4.78 is 30.3. The maximum atomic E-state index is 12.8. The highest BCUT2D eigenvalue weighted by atomic mass is 32.2. The standard InChI is InChI=1S/C20H29N3O5S/c1-15(22-19(24)12-9-16-7-10-18(28-2)11-8-16)20(25)23-13-5-4-6-17(23)14-21-29(3,26)27/h7-12,15,17,21H,4-6,13-14H2,1-3H3,(H,22,24)/b12-9+. The second kappa shape index (κ2) is 10.4. The minimum absolute atomic E-state index is 0.183. The highest BCUT2D eigenvalue weighted by molar-refractivity contribution is 7.88. The Hall–Kier alpha value is -2.39. The van der Waals surface area contributed by atoms with E-state index >= 15 is 0 Å². The van der Waals surface area contributed by atoms with Gasteiger partial charge in [0.1, 0.15) is 11.8 Å². The number of rotatable bonds is 8. The highest BCUT2D eigenvalue weighted by Gasteiger charge is 2.30. The summed E-state index contributed by atoms with van der Waals surface area (Å²) in [6, 6.07) is 6.33. The molecule has 2 amide bonds. The molecule has 2 atom stereocenters. The fraction of sp³-hybridized carbons (Fsp3) is 0.500. The van der Waals surface area contributed by atoms with Crippen LogP contribution < -0.4 is 14.8 Å². The number of ether oxygens (including phenoxy) is 1. The van der Waals surface area contributed by atoms with E-state index in [-0.39, 0.29) is 24.4 Å². The van der Waals surface area contributed by atoms with Gasteiger partial charge in [-0.2, -0.15) is 0 Å². The molecule has 8 nitrogen and oxygen atoms in total. The number of sulfonamides is 1. The minimum Gasteiger partial charge on any atom is -0.497 e. The number of methoxy groups -OCH3 is 1. The quantitative estimate of drug-likeness (QED) is 0.610. The summed E-state index contributed by atoms with van der Waals surface area (Å²) in [6.45, 7) is 2.37. The van der Waals surface area contributed by atoms with Crippen LogP contribution in [0.2, 0.25) is 0 Å². The van der Waals surface area contributed by atoms with Crippen molar-refractivity contribution >= 4 is 27.9 Å². The van der Waals surface area contributed by atoms with E-state index in [9.17, 15) is 18.0 Å². The molecule has 9 heteroatoms. The van der Waals surface area contributed by atoms with Crippen molar-refractivity contribution < 1.29 is 22.7 Å². The summed E-state index contributed by atoms with van der Waals surface area (Å²) in [5, 5.41) is 2.68. The lowest BCUT2D eigenvalue weighted by Gasteiger charge is -2.37. The van der Waals surface area contributed by atoms with E-state index in [1.807, 2.05) is 12.1 Å². The molecule has 2 N–H and O–H groups in total. The van der Waals surface area contributed by atoms with Crippen LogP contribution in [-0.2, 0) is 19.6 Å². The molecule has 1 aromatic rings. The van der Waals surface area contributed by atoms with Gasteiger partial charge in [0.15, 0.2) is 0 Å². The topological polar surface area (TPSA) is 105 Å². The summed E-state index contributed by atoms with van der Waals surface area (Å²) in [6.07, 6.45) is 6.66. The van der Waals surface area contributed by atoms with Gasteiger partial charge < -0.3 is 15.0 Å². The summed E-state index contributed by atoms with van der Waals surface area (Å²) >= 11 is 0. The summed E-state index contributed by atoms with van der Waals surface area (Å²) in [5.74, 6) is 0.146. The number of carbonyl (C=O) groups is 2. The van der Waals surface area contributed by atoms with Gasteiger partial charge in [-0.3, -0.25) is 9.59 Å². The molecule has 1 aromatic carbocycles. The van der Waals surface area contributed by atoms with Crippen LogP contribution in [0.25, 0.3) is 6.08 Å². The molecule has 1 heterocycles. The monoisotopic (exact) mass is 423 g/mol. The SMILES string of the molecule is COc1ccc(/C=C/C(=O)NC(C)C(=O)N2CCCCC2CNS(C)(=O)=O)cc1. The van der Waals surface area contributed by atoms with E-state index in [4.69, 9.17) is 4.74 Å². The Morgan fingerprint density at radius 1 is 1.28 bits per heavy atom. The zero-order chi connectivity index (χ0) is 21.4. The number of benzene rings is 1. The van der Waals surface area contributed by atoms with E-state index in [0.717, 1.165) is 36.8 Å². The van der Waals surface area contributed by atoms with Crippen molar-refractivity contribution in [1.29, 1.82) is 0 Å². The van der Waals surface area contributed by atoms with Crippen LogP contribution in [0.3, 0.4) is 0 Å². The third-order valence-corrected chi connectivity index (χ3v) is 5.45. The molecule has 2 unspecified atom stereocenters. The molecule has 160 valence electrons. The number of carbonyl (C=O) groups excluding carboxylic acids is 2. The Labute approximate surface area is 172 Å². The average molecular weight is 424 g/mol. The van der Waals surface area contributed by atoms with Gasteiger partial charge in [0, 0.05) is 25.2 Å². The van der Waals surface area contributed by atoms with Crippen LogP contribution in [0.4, 0.5) is 0 Å². The fourth-order valence-electron chi connectivity index (χ4n) is 3.21. The van der Waals surface area contributed by atoms with Crippen molar-refractivity contribution in [1.82, 2.24) is 14.9 Å². The first-order valence-electron chi connectivity index (χ1n) is 9.57. The molecule has 0 saturated carbocycles. The summed E-state index contributed by atoms with van der Waals surface area (Å²) in [7, 11) is -1.74. The molecular weight excluding hydrogens is 394 g/mol. The largest absolute Gasteiger partial charge is 0.497 e. The molecule has 29 heavy (non-hydrogen) atoms. The third-order valence-electron chi connectivity index (χ3n) is 4.76. The van der Waals surface area contributed by atoms with Gasteiger partial charge in [0.05, 0.1) is 13.4 Å². The molecule has 1 fully saturated rings. The van der Waals surface area contributed by atoms with Crippen LogP contribution in [0, 0.1) is 0 Å². The molecule has 1 saturated heterocycles. The van der Waals surface area contributed by atoms with E-state index in [0.29, 0.717) is 6.54 Å². The first-order chi connectivity index (χ1) is 13.7. The first kappa shape index (κ1) is 22.9. The van der Waals surface area contributed by atoms with Crippen molar-refractivity contribution in [3.63, 3.8) is 0 Å². The van der Waals surface area contributed by atoms with E-state index in [2.05, 4.69) is 10.0 Å². The van der Waals surface area contributed by atoms with Gasteiger partial charge in [0.25, 0.3) is 0 Å². The van der Waals surface area contributed by atoms with Crippen molar-refractivity contribution in [3.05, 3.63) is 35.9 Å². The van der Waals surface area contributed by atoms with Crippen molar-refractivity contribution in [2.24, 2.45) is 0 Å². The number of nitrogens with zero attached hydrogens (tertiary/aromatic N) is 1. The number of amides is 2. The van der Waals surface area contributed by atoms with E-state index < -0.39 is 16.1 Å². The average Bonchev–Trinajstić information content (AvgIpc) is 2.70. The van der Waals surface area contributed by atoms with Crippen LogP contribution in [0.5, 0.6) is 5.75 Å².